The van der Waals surface area contributed by atoms with Gasteiger partial charge in [-0.05, 0) is 63.6 Å². The number of carbonyl (C=O) groups excluding carboxylic acids is 1. The Morgan fingerprint density at radius 3 is 2.42 bits per heavy atom. The van der Waals surface area contributed by atoms with E-state index in [2.05, 4.69) is 5.32 Å². The molecule has 0 aliphatic carbocycles. The van der Waals surface area contributed by atoms with Crippen LogP contribution in [0.5, 0.6) is 5.75 Å². The fourth-order valence-corrected chi connectivity index (χ4v) is 2.63. The van der Waals surface area contributed by atoms with Crippen molar-refractivity contribution in [3.05, 3.63) is 64.2 Å². The van der Waals surface area contributed by atoms with E-state index in [1.807, 2.05) is 64.1 Å². The van der Waals surface area contributed by atoms with E-state index in [9.17, 15) is 4.79 Å². The van der Waals surface area contributed by atoms with Crippen LogP contribution in [0.1, 0.15) is 55.2 Å². The maximum Gasteiger partial charge on any atom is 0.251 e. The van der Waals surface area contributed by atoms with E-state index in [1.54, 1.807) is 6.07 Å². The van der Waals surface area contributed by atoms with Crippen LogP contribution in [0, 0.1) is 0 Å². The zero-order valence-corrected chi connectivity index (χ0v) is 16.5. The summed E-state index contributed by atoms with van der Waals surface area (Å²) >= 11 is 5.92. The minimum absolute atomic E-state index is 0.104. The van der Waals surface area contributed by atoms with Crippen LogP contribution in [-0.4, -0.2) is 18.6 Å². The van der Waals surface area contributed by atoms with Gasteiger partial charge in [0.15, 0.2) is 0 Å². The van der Waals surface area contributed by atoms with Gasteiger partial charge in [-0.2, -0.15) is 0 Å². The third kappa shape index (κ3) is 5.75. The van der Waals surface area contributed by atoms with Gasteiger partial charge >= 0.3 is 0 Å². The van der Waals surface area contributed by atoms with Crippen molar-refractivity contribution in [1.82, 2.24) is 5.32 Å². The molecule has 0 aliphatic heterocycles. The normalized spacial score (nSPS) is 12.1. The lowest BCUT2D eigenvalue weighted by Crippen LogP contribution is -2.26. The van der Waals surface area contributed by atoms with Crippen molar-refractivity contribution in [2.45, 2.75) is 46.4 Å². The first-order chi connectivity index (χ1) is 12.4. The Bertz CT molecular complexity index is 729. The molecule has 0 aromatic heterocycles. The lowest BCUT2D eigenvalue weighted by molar-refractivity contribution is 0.0641. The molecule has 0 saturated carbocycles. The van der Waals surface area contributed by atoms with Crippen LogP contribution >= 0.6 is 11.6 Å². The van der Waals surface area contributed by atoms with Crippen molar-refractivity contribution in [1.29, 1.82) is 0 Å². The van der Waals surface area contributed by atoms with Crippen LogP contribution in [0.15, 0.2) is 42.5 Å². The van der Waals surface area contributed by atoms with E-state index < -0.39 is 0 Å². The third-order valence-electron chi connectivity index (χ3n) is 3.91. The smallest absolute Gasteiger partial charge is 0.251 e. The summed E-state index contributed by atoms with van der Waals surface area (Å²) in [7, 11) is 0. The lowest BCUT2D eigenvalue weighted by atomic mass is 10.1. The highest BCUT2D eigenvalue weighted by molar-refractivity contribution is 6.30. The Morgan fingerprint density at radius 1 is 1.12 bits per heavy atom. The quantitative estimate of drug-likeness (QED) is 0.693. The average molecular weight is 376 g/mol. The number of rotatable bonds is 8. The summed E-state index contributed by atoms with van der Waals surface area (Å²) < 4.78 is 11.3. The first kappa shape index (κ1) is 20.3. The van der Waals surface area contributed by atoms with Crippen molar-refractivity contribution >= 4 is 17.5 Å². The zero-order valence-electron chi connectivity index (χ0n) is 15.7. The van der Waals surface area contributed by atoms with Crippen LogP contribution in [-0.2, 0) is 11.3 Å². The number of nitrogens with one attached hydrogen (secondary N) is 1. The summed E-state index contributed by atoms with van der Waals surface area (Å²) in [6, 6.07) is 12.8. The molecule has 0 spiro atoms. The Balaban J connectivity index is 2.14. The maximum absolute atomic E-state index is 12.6. The Kier molecular flexibility index (Phi) is 7.49. The number of carbonyl (C=O) groups is 1. The SMILES string of the molecule is CCOc1ccc(C(=O)N[C@@H](C)c2ccc(Cl)cc2)cc1COC(C)C. The van der Waals surface area contributed by atoms with Crippen LogP contribution in [0.4, 0.5) is 0 Å². The van der Waals surface area contributed by atoms with E-state index in [1.165, 1.54) is 0 Å². The Hall–Kier alpha value is -2.04. The molecule has 0 aliphatic rings. The van der Waals surface area contributed by atoms with Gasteiger partial charge in [0.05, 0.1) is 25.4 Å². The van der Waals surface area contributed by atoms with Crippen molar-refractivity contribution in [3.8, 4) is 5.75 Å². The fourth-order valence-electron chi connectivity index (χ4n) is 2.50. The van der Waals surface area contributed by atoms with Gasteiger partial charge in [-0.15, -0.1) is 0 Å². The van der Waals surface area contributed by atoms with Gasteiger partial charge in [0, 0.05) is 16.1 Å². The predicted molar refractivity (Wildman–Crippen MR) is 105 cm³/mol. The molecule has 1 amide bonds. The molecule has 2 aromatic rings. The minimum Gasteiger partial charge on any atom is -0.494 e. The van der Waals surface area contributed by atoms with Crippen molar-refractivity contribution in [3.63, 3.8) is 0 Å². The van der Waals surface area contributed by atoms with Gasteiger partial charge < -0.3 is 14.8 Å². The van der Waals surface area contributed by atoms with Gasteiger partial charge in [-0.3, -0.25) is 4.79 Å². The summed E-state index contributed by atoms with van der Waals surface area (Å²) in [5, 5.41) is 3.69. The lowest BCUT2D eigenvalue weighted by Gasteiger charge is -2.17. The number of ether oxygens (including phenoxy) is 2. The first-order valence-electron chi connectivity index (χ1n) is 8.84. The van der Waals surface area contributed by atoms with E-state index in [-0.39, 0.29) is 18.1 Å². The van der Waals surface area contributed by atoms with Crippen LogP contribution in [0.25, 0.3) is 0 Å². The molecule has 0 fully saturated rings. The molecule has 0 heterocycles. The van der Waals surface area contributed by atoms with Crippen LogP contribution in [0.3, 0.4) is 0 Å². The summed E-state index contributed by atoms with van der Waals surface area (Å²) in [6.45, 7) is 8.80. The molecule has 2 rings (SSSR count). The second kappa shape index (κ2) is 9.60. The van der Waals surface area contributed by atoms with E-state index in [4.69, 9.17) is 21.1 Å². The number of hydrogen-bond donors (Lipinski definition) is 1. The highest BCUT2D eigenvalue weighted by Gasteiger charge is 2.14. The molecule has 26 heavy (non-hydrogen) atoms. The molecule has 140 valence electrons. The largest absolute Gasteiger partial charge is 0.494 e. The average Bonchev–Trinajstić information content (AvgIpc) is 2.61. The minimum atomic E-state index is -0.138. The molecular weight excluding hydrogens is 350 g/mol. The van der Waals surface area contributed by atoms with Crippen molar-refractivity contribution in [2.75, 3.05) is 6.61 Å². The highest BCUT2D eigenvalue weighted by atomic mass is 35.5. The highest BCUT2D eigenvalue weighted by Crippen LogP contribution is 2.23. The molecule has 4 nitrogen and oxygen atoms in total. The number of hydrogen-bond acceptors (Lipinski definition) is 3. The standard InChI is InChI=1S/C21H26ClNO3/c1-5-25-20-11-8-17(12-18(20)13-26-14(2)3)21(24)23-15(4)16-6-9-19(22)10-7-16/h6-12,14-15H,5,13H2,1-4H3,(H,23,24)/t15-/m0/s1. The first-order valence-corrected chi connectivity index (χ1v) is 9.22. The molecule has 0 saturated heterocycles. The van der Waals surface area contributed by atoms with Crippen LogP contribution in [0.2, 0.25) is 5.02 Å². The zero-order chi connectivity index (χ0) is 19.1. The second-order valence-corrected chi connectivity index (χ2v) is 6.80. The Morgan fingerprint density at radius 2 is 1.81 bits per heavy atom. The molecule has 0 bridgehead atoms. The summed E-state index contributed by atoms with van der Waals surface area (Å²) in [5.41, 5.74) is 2.45. The van der Waals surface area contributed by atoms with Crippen molar-refractivity contribution < 1.29 is 14.3 Å². The summed E-state index contributed by atoms with van der Waals surface area (Å²) in [5.74, 6) is 0.608. The van der Waals surface area contributed by atoms with Gasteiger partial charge in [0.1, 0.15) is 5.75 Å². The fraction of sp³-hybridized carbons (Fsp3) is 0.381. The maximum atomic E-state index is 12.6. The van der Waals surface area contributed by atoms with E-state index in [0.717, 1.165) is 16.9 Å². The monoisotopic (exact) mass is 375 g/mol. The van der Waals surface area contributed by atoms with E-state index in [0.29, 0.717) is 23.8 Å². The summed E-state index contributed by atoms with van der Waals surface area (Å²) in [6.07, 6.45) is 0.104. The number of amides is 1. The second-order valence-electron chi connectivity index (χ2n) is 6.36. The molecular formula is C21H26ClNO3. The van der Waals surface area contributed by atoms with Gasteiger partial charge in [0.25, 0.3) is 5.91 Å². The van der Waals surface area contributed by atoms with Gasteiger partial charge in [-0.1, -0.05) is 23.7 Å². The Labute approximate surface area is 160 Å². The molecule has 1 N–H and O–H groups in total. The predicted octanol–water partition coefficient (Wildman–Crippen LogP) is 5.15. The van der Waals surface area contributed by atoms with Crippen molar-refractivity contribution in [2.24, 2.45) is 0 Å². The molecule has 0 radical (unpaired) electrons. The number of halogens is 1. The molecule has 5 heteroatoms. The number of benzene rings is 2. The van der Waals surface area contributed by atoms with Gasteiger partial charge in [0.2, 0.25) is 0 Å². The third-order valence-corrected chi connectivity index (χ3v) is 4.16. The molecule has 1 atom stereocenters. The summed E-state index contributed by atoms with van der Waals surface area (Å²) in [4.78, 5) is 12.6. The molecule has 2 aromatic carbocycles. The van der Waals surface area contributed by atoms with Gasteiger partial charge in [-0.25, -0.2) is 0 Å². The topological polar surface area (TPSA) is 47.6 Å². The van der Waals surface area contributed by atoms with Crippen LogP contribution < -0.4 is 10.1 Å². The molecule has 0 unspecified atom stereocenters. The van der Waals surface area contributed by atoms with E-state index >= 15 is 0 Å².